The van der Waals surface area contributed by atoms with Crippen molar-refractivity contribution in [3.8, 4) is 5.75 Å². The van der Waals surface area contributed by atoms with E-state index in [0.717, 1.165) is 30.4 Å². The molecule has 0 saturated carbocycles. The maximum Gasteiger partial charge on any atom is 0.252 e. The molecule has 2 aromatic carbocycles. The Kier molecular flexibility index (Phi) is 6.48. The second-order valence-corrected chi connectivity index (χ2v) is 7.47. The van der Waals surface area contributed by atoms with E-state index in [0.29, 0.717) is 10.9 Å². The Morgan fingerprint density at radius 1 is 1.12 bits per heavy atom. The molecule has 0 atom stereocenters. The molecule has 0 aromatic heterocycles. The topological polar surface area (TPSA) is 69.6 Å². The van der Waals surface area contributed by atoms with Gasteiger partial charge in [0.1, 0.15) is 5.75 Å². The second kappa shape index (κ2) is 8.39. The molecule has 0 radical (unpaired) electrons. The predicted octanol–water partition coefficient (Wildman–Crippen LogP) is 4.01. The van der Waals surface area contributed by atoms with E-state index in [1.165, 1.54) is 5.56 Å². The molecule has 0 spiro atoms. The molecule has 0 bridgehead atoms. The van der Waals surface area contributed by atoms with Gasteiger partial charge in [0.2, 0.25) is 0 Å². The summed E-state index contributed by atoms with van der Waals surface area (Å²) < 4.78 is 5.37. The van der Waals surface area contributed by atoms with Crippen LogP contribution in [0.3, 0.4) is 0 Å². The largest absolute Gasteiger partial charge is 0.543 e. The molecule has 0 aliphatic heterocycles. The number of carbonyl (C=O) groups excluding carboxylic acids is 1. The van der Waals surface area contributed by atoms with Crippen molar-refractivity contribution < 1.29 is 19.7 Å². The molecule has 0 fully saturated rings. The quantitative estimate of drug-likeness (QED) is 0.706. The molecule has 4 nitrogen and oxygen atoms in total. The van der Waals surface area contributed by atoms with E-state index in [1.807, 2.05) is 30.3 Å². The van der Waals surface area contributed by atoms with Crippen molar-refractivity contribution in [1.82, 2.24) is 0 Å². The molecule has 2 aromatic rings. The monoisotopic (exact) mass is 405 g/mol. The molecule has 1 N–H and O–H groups in total. The Labute approximate surface area is 156 Å². The lowest BCUT2D eigenvalue weighted by Crippen LogP contribution is -2.37. The summed E-state index contributed by atoms with van der Waals surface area (Å²) in [7, 11) is 0. The minimum Gasteiger partial charge on any atom is -0.543 e. The highest BCUT2D eigenvalue weighted by Crippen LogP contribution is 2.34. The van der Waals surface area contributed by atoms with E-state index in [-0.39, 0.29) is 5.75 Å². The first-order chi connectivity index (χ1) is 11.8. The van der Waals surface area contributed by atoms with Crippen LogP contribution in [0.2, 0.25) is 0 Å². The number of benzene rings is 2. The van der Waals surface area contributed by atoms with Crippen LogP contribution < -0.4 is 5.11 Å². The lowest BCUT2D eigenvalue weighted by atomic mass is 9.95. The van der Waals surface area contributed by atoms with Gasteiger partial charge in [0.15, 0.2) is 0 Å². The zero-order valence-corrected chi connectivity index (χ0v) is 16.0. The van der Waals surface area contributed by atoms with Gasteiger partial charge in [-0.2, -0.15) is 0 Å². The first kappa shape index (κ1) is 19.3. The van der Waals surface area contributed by atoms with Crippen LogP contribution in [0.5, 0.6) is 5.75 Å². The van der Waals surface area contributed by atoms with Crippen LogP contribution >= 0.6 is 15.9 Å². The van der Waals surface area contributed by atoms with Crippen LogP contribution in [0.4, 0.5) is 4.79 Å². The average molecular weight is 406 g/mol. The summed E-state index contributed by atoms with van der Waals surface area (Å²) in [5.74, 6) is 0.204. The normalized spacial score (nSPS) is 11.3. The zero-order chi connectivity index (χ0) is 18.4. The highest BCUT2D eigenvalue weighted by Gasteiger charge is 2.20. The van der Waals surface area contributed by atoms with E-state index in [1.54, 1.807) is 13.8 Å². The molecule has 0 unspecified atom stereocenters. The minimum atomic E-state index is -1.55. The molecule has 134 valence electrons. The Bertz CT molecular complexity index is 726. The predicted molar refractivity (Wildman–Crippen MR) is 98.5 cm³/mol. The van der Waals surface area contributed by atoms with Crippen molar-refractivity contribution in [3.05, 3.63) is 63.6 Å². The highest BCUT2D eigenvalue weighted by molar-refractivity contribution is 9.10. The van der Waals surface area contributed by atoms with Gasteiger partial charge in [-0.05, 0) is 72.2 Å². The summed E-state index contributed by atoms with van der Waals surface area (Å²) in [4.78, 5) is 10.7. The fraction of sp³-hybridized carbons (Fsp3) is 0.350. The van der Waals surface area contributed by atoms with Crippen LogP contribution in [-0.4, -0.2) is 16.9 Å². The minimum absolute atomic E-state index is 0.204. The van der Waals surface area contributed by atoms with Gasteiger partial charge in [-0.3, -0.25) is 0 Å². The lowest BCUT2D eigenvalue weighted by Gasteiger charge is -2.30. The van der Waals surface area contributed by atoms with Crippen LogP contribution in [0, 0.1) is 0 Å². The third kappa shape index (κ3) is 5.78. The number of carbonyl (C=O) groups is 1. The van der Waals surface area contributed by atoms with Crippen molar-refractivity contribution in [1.29, 1.82) is 0 Å². The van der Waals surface area contributed by atoms with Crippen LogP contribution in [-0.2, 0) is 24.0 Å². The molecule has 0 saturated heterocycles. The van der Waals surface area contributed by atoms with E-state index in [2.05, 4.69) is 28.1 Å². The number of aryl methyl sites for hydroxylation is 2. The summed E-state index contributed by atoms with van der Waals surface area (Å²) in [6, 6.07) is 14.0. The highest BCUT2D eigenvalue weighted by atomic mass is 79.9. The van der Waals surface area contributed by atoms with Gasteiger partial charge in [0.05, 0.1) is 4.47 Å². The van der Waals surface area contributed by atoms with E-state index >= 15 is 0 Å². The molecule has 5 heteroatoms. The summed E-state index contributed by atoms with van der Waals surface area (Å²) in [5.41, 5.74) is 2.00. The van der Waals surface area contributed by atoms with Gasteiger partial charge in [-0.15, -0.1) is 0 Å². The van der Waals surface area contributed by atoms with Crippen molar-refractivity contribution >= 4 is 22.1 Å². The zero-order valence-electron chi connectivity index (χ0n) is 14.4. The number of ether oxygens (including phenoxy) is 1. The lowest BCUT2D eigenvalue weighted by molar-refractivity contribution is -0.293. The molecule has 25 heavy (non-hydrogen) atoms. The molecule has 0 heterocycles. The molecule has 0 amide bonds. The van der Waals surface area contributed by atoms with Gasteiger partial charge in [0.25, 0.3) is 6.16 Å². The van der Waals surface area contributed by atoms with Gasteiger partial charge in [0, 0.05) is 5.60 Å². The van der Waals surface area contributed by atoms with Gasteiger partial charge < -0.3 is 19.7 Å². The van der Waals surface area contributed by atoms with Crippen molar-refractivity contribution in [3.63, 3.8) is 0 Å². The number of phenols is 1. The smallest absolute Gasteiger partial charge is 0.252 e. The van der Waals surface area contributed by atoms with Gasteiger partial charge in [-0.1, -0.05) is 42.5 Å². The maximum atomic E-state index is 10.7. The first-order valence-electron chi connectivity index (χ1n) is 8.21. The molecule has 0 aliphatic rings. The average Bonchev–Trinajstić information content (AvgIpc) is 2.53. The summed E-state index contributed by atoms with van der Waals surface area (Å²) in [5, 5.41) is 21.1. The van der Waals surface area contributed by atoms with Crippen LogP contribution in [0.15, 0.2) is 46.9 Å². The van der Waals surface area contributed by atoms with Crippen molar-refractivity contribution in [2.24, 2.45) is 0 Å². The Hall–Kier alpha value is -2.01. The Morgan fingerprint density at radius 3 is 2.40 bits per heavy atom. The van der Waals surface area contributed by atoms with Crippen molar-refractivity contribution in [2.45, 2.75) is 45.1 Å². The van der Waals surface area contributed by atoms with E-state index in [4.69, 9.17) is 4.74 Å². The van der Waals surface area contributed by atoms with Crippen molar-refractivity contribution in [2.75, 3.05) is 0 Å². The SMILES string of the molecule is CC(C)(Cc1ccc(CCCc2ccccc2)c(O)c1Br)OC(=O)[O-]. The first-order valence-corrected chi connectivity index (χ1v) is 9.01. The third-order valence-electron chi connectivity index (χ3n) is 4.01. The van der Waals surface area contributed by atoms with Gasteiger partial charge >= 0.3 is 0 Å². The number of hydrogen-bond donors (Lipinski definition) is 1. The number of carboxylic acid groups (broad SMARTS) is 1. The Balaban J connectivity index is 2.03. The molecular formula is C20H22BrO4-. The Morgan fingerprint density at radius 2 is 1.76 bits per heavy atom. The van der Waals surface area contributed by atoms with Crippen LogP contribution in [0.25, 0.3) is 0 Å². The summed E-state index contributed by atoms with van der Waals surface area (Å²) in [6.45, 7) is 3.33. The molecule has 2 rings (SSSR count). The fourth-order valence-corrected chi connectivity index (χ4v) is 3.36. The number of halogens is 1. The molecule has 0 aliphatic carbocycles. The standard InChI is InChI=1S/C20H23BrO4/c1-20(2,25-19(23)24)13-16-12-11-15(18(22)17(16)21)10-6-9-14-7-4-3-5-8-14/h3-5,7-8,11-12,22H,6,9-10,13H2,1-2H3,(H,23,24)/p-1. The summed E-state index contributed by atoms with van der Waals surface area (Å²) in [6.07, 6.45) is 1.43. The molecular weight excluding hydrogens is 384 g/mol. The number of aromatic hydroxyl groups is 1. The number of phenolic OH excluding ortho intramolecular Hbond substituents is 1. The van der Waals surface area contributed by atoms with Gasteiger partial charge in [-0.25, -0.2) is 0 Å². The van der Waals surface area contributed by atoms with E-state index in [9.17, 15) is 15.0 Å². The van der Waals surface area contributed by atoms with E-state index < -0.39 is 11.8 Å². The maximum absolute atomic E-state index is 10.7. The summed E-state index contributed by atoms with van der Waals surface area (Å²) >= 11 is 3.42. The fourth-order valence-electron chi connectivity index (χ4n) is 2.83. The second-order valence-electron chi connectivity index (χ2n) is 6.67. The number of rotatable bonds is 7. The van der Waals surface area contributed by atoms with Crippen LogP contribution in [0.1, 0.15) is 37.0 Å². The third-order valence-corrected chi connectivity index (χ3v) is 4.89. The number of hydrogen-bond acceptors (Lipinski definition) is 4.